The van der Waals surface area contributed by atoms with Crippen molar-refractivity contribution in [1.82, 2.24) is 0 Å². The lowest BCUT2D eigenvalue weighted by Crippen LogP contribution is -2.29. The average Bonchev–Trinajstić information content (AvgIpc) is 2.46. The topological polar surface area (TPSA) is 21.3 Å². The maximum absolute atomic E-state index is 13.8. The van der Waals surface area contributed by atoms with E-state index in [-0.39, 0.29) is 17.6 Å². The van der Waals surface area contributed by atoms with Gasteiger partial charge in [0, 0.05) is 11.5 Å². The maximum atomic E-state index is 13.8. The minimum atomic E-state index is -0.844. The van der Waals surface area contributed by atoms with Gasteiger partial charge in [-0.3, -0.25) is 0 Å². The molecule has 0 amide bonds. The molecule has 2 aromatic carbocycles. The van der Waals surface area contributed by atoms with E-state index in [2.05, 4.69) is 5.32 Å². The van der Waals surface area contributed by atoms with E-state index in [0.29, 0.717) is 6.61 Å². The Morgan fingerprint density at radius 3 is 2.75 bits per heavy atom. The Kier molecular flexibility index (Phi) is 3.30. The van der Waals surface area contributed by atoms with Crippen molar-refractivity contribution in [2.24, 2.45) is 5.92 Å². The van der Waals surface area contributed by atoms with Crippen LogP contribution in [0.25, 0.3) is 0 Å². The van der Waals surface area contributed by atoms with Crippen molar-refractivity contribution in [3.05, 3.63) is 59.7 Å². The summed E-state index contributed by atoms with van der Waals surface area (Å²) in [6.45, 7) is 2.57. The first-order valence-electron chi connectivity index (χ1n) is 6.59. The van der Waals surface area contributed by atoms with Crippen LogP contribution in [-0.4, -0.2) is 6.61 Å². The summed E-state index contributed by atoms with van der Waals surface area (Å²) in [5.41, 5.74) is 1.15. The third kappa shape index (κ3) is 2.22. The molecule has 1 aliphatic heterocycles. The summed E-state index contributed by atoms with van der Waals surface area (Å²) in [5.74, 6) is -0.737. The number of hydrogen-bond acceptors (Lipinski definition) is 2. The highest BCUT2D eigenvalue weighted by molar-refractivity contribution is 5.50. The maximum Gasteiger partial charge on any atom is 0.181 e. The summed E-state index contributed by atoms with van der Waals surface area (Å²) in [4.78, 5) is 0. The third-order valence-electron chi connectivity index (χ3n) is 3.59. The second-order valence-corrected chi connectivity index (χ2v) is 5.05. The Morgan fingerprint density at radius 1 is 1.10 bits per heavy atom. The summed E-state index contributed by atoms with van der Waals surface area (Å²) in [7, 11) is 0. The highest BCUT2D eigenvalue weighted by Gasteiger charge is 2.28. The summed E-state index contributed by atoms with van der Waals surface area (Å²) < 4.78 is 32.7. The number of nitrogens with one attached hydrogen (secondary N) is 1. The molecule has 0 saturated carbocycles. The van der Waals surface area contributed by atoms with Crippen molar-refractivity contribution in [2.45, 2.75) is 13.0 Å². The van der Waals surface area contributed by atoms with Crippen LogP contribution in [0.5, 0.6) is 5.75 Å². The quantitative estimate of drug-likeness (QED) is 0.889. The average molecular weight is 275 g/mol. The van der Waals surface area contributed by atoms with Gasteiger partial charge in [-0.25, -0.2) is 8.78 Å². The Morgan fingerprint density at radius 2 is 1.90 bits per heavy atom. The van der Waals surface area contributed by atoms with E-state index < -0.39 is 11.6 Å². The first-order chi connectivity index (χ1) is 9.66. The van der Waals surface area contributed by atoms with Crippen LogP contribution in [-0.2, 0) is 0 Å². The lowest BCUT2D eigenvalue weighted by Gasteiger charge is -2.32. The molecule has 0 aromatic heterocycles. The van der Waals surface area contributed by atoms with Crippen LogP contribution in [0.3, 0.4) is 0 Å². The zero-order chi connectivity index (χ0) is 14.1. The molecule has 0 fully saturated rings. The summed E-state index contributed by atoms with van der Waals surface area (Å²) in [6.07, 6.45) is 0. The van der Waals surface area contributed by atoms with Crippen molar-refractivity contribution >= 4 is 5.69 Å². The van der Waals surface area contributed by atoms with Gasteiger partial charge in [-0.15, -0.1) is 0 Å². The number of para-hydroxylation sites is 1. The van der Waals surface area contributed by atoms with E-state index in [9.17, 15) is 8.78 Å². The van der Waals surface area contributed by atoms with Gasteiger partial charge in [-0.2, -0.15) is 0 Å². The minimum absolute atomic E-state index is 0.101. The molecular formula is C16H15F2NO. The zero-order valence-electron chi connectivity index (χ0n) is 11.1. The Balaban J connectivity index is 1.96. The summed E-state index contributed by atoms with van der Waals surface area (Å²) >= 11 is 0. The van der Waals surface area contributed by atoms with E-state index in [4.69, 9.17) is 4.74 Å². The van der Waals surface area contributed by atoms with Gasteiger partial charge in [0.05, 0.1) is 18.3 Å². The smallest absolute Gasteiger partial charge is 0.181 e. The Bertz CT molecular complexity index is 630. The van der Waals surface area contributed by atoms with Gasteiger partial charge in [-0.1, -0.05) is 31.2 Å². The molecule has 0 radical (unpaired) electrons. The Hall–Kier alpha value is -2.10. The molecule has 104 valence electrons. The van der Waals surface area contributed by atoms with Gasteiger partial charge < -0.3 is 10.1 Å². The van der Waals surface area contributed by atoms with Gasteiger partial charge in [0.2, 0.25) is 0 Å². The SMILES string of the molecule is CC1COc2ccccc2C1Nc1cccc(F)c1F. The lowest BCUT2D eigenvalue weighted by atomic mass is 9.92. The molecule has 2 nitrogen and oxygen atoms in total. The molecule has 4 heteroatoms. The molecule has 0 aliphatic carbocycles. The largest absolute Gasteiger partial charge is 0.493 e. The summed E-state index contributed by atoms with van der Waals surface area (Å²) in [5, 5.41) is 3.10. The molecule has 1 aliphatic rings. The van der Waals surface area contributed by atoms with E-state index in [1.54, 1.807) is 6.07 Å². The van der Waals surface area contributed by atoms with Crippen LogP contribution in [0.2, 0.25) is 0 Å². The molecule has 1 N–H and O–H groups in total. The van der Waals surface area contributed by atoms with Crippen molar-refractivity contribution < 1.29 is 13.5 Å². The number of halogens is 2. The predicted molar refractivity (Wildman–Crippen MR) is 73.8 cm³/mol. The van der Waals surface area contributed by atoms with Crippen molar-refractivity contribution in [3.8, 4) is 5.75 Å². The molecule has 2 unspecified atom stereocenters. The van der Waals surface area contributed by atoms with Crippen molar-refractivity contribution in [2.75, 3.05) is 11.9 Å². The minimum Gasteiger partial charge on any atom is -0.493 e. The number of rotatable bonds is 2. The molecule has 2 atom stereocenters. The fourth-order valence-electron chi connectivity index (χ4n) is 2.50. The predicted octanol–water partition coefficient (Wildman–Crippen LogP) is 4.15. The van der Waals surface area contributed by atoms with Crippen LogP contribution in [0.4, 0.5) is 14.5 Å². The molecular weight excluding hydrogens is 260 g/mol. The van der Waals surface area contributed by atoms with E-state index >= 15 is 0 Å². The van der Waals surface area contributed by atoms with Crippen LogP contribution >= 0.6 is 0 Å². The van der Waals surface area contributed by atoms with Crippen LogP contribution in [0.15, 0.2) is 42.5 Å². The number of ether oxygens (including phenoxy) is 1. The van der Waals surface area contributed by atoms with E-state index in [0.717, 1.165) is 17.4 Å². The summed E-state index contributed by atoms with van der Waals surface area (Å²) in [6, 6.07) is 11.7. The van der Waals surface area contributed by atoms with Crippen LogP contribution < -0.4 is 10.1 Å². The second-order valence-electron chi connectivity index (χ2n) is 5.05. The van der Waals surface area contributed by atoms with E-state index in [1.165, 1.54) is 6.07 Å². The van der Waals surface area contributed by atoms with Crippen molar-refractivity contribution in [1.29, 1.82) is 0 Å². The van der Waals surface area contributed by atoms with E-state index in [1.807, 2.05) is 31.2 Å². The van der Waals surface area contributed by atoms with Gasteiger partial charge in [0.1, 0.15) is 5.75 Å². The number of benzene rings is 2. The number of fused-ring (bicyclic) bond motifs is 1. The fourth-order valence-corrected chi connectivity index (χ4v) is 2.50. The van der Waals surface area contributed by atoms with Crippen molar-refractivity contribution in [3.63, 3.8) is 0 Å². The first kappa shape index (κ1) is 12.9. The third-order valence-corrected chi connectivity index (χ3v) is 3.59. The fraction of sp³-hybridized carbons (Fsp3) is 0.250. The normalized spacial score (nSPS) is 20.9. The lowest BCUT2D eigenvalue weighted by molar-refractivity contribution is 0.214. The molecule has 0 saturated heterocycles. The van der Waals surface area contributed by atoms with Crippen LogP contribution in [0, 0.1) is 17.6 Å². The monoisotopic (exact) mass is 275 g/mol. The molecule has 1 heterocycles. The zero-order valence-corrected chi connectivity index (χ0v) is 11.1. The van der Waals surface area contributed by atoms with Gasteiger partial charge >= 0.3 is 0 Å². The standard InChI is InChI=1S/C16H15F2NO/c1-10-9-20-14-8-3-2-5-11(14)16(10)19-13-7-4-6-12(17)15(13)18/h2-8,10,16,19H,9H2,1H3. The Labute approximate surface area is 116 Å². The van der Waals surface area contributed by atoms with Crippen LogP contribution in [0.1, 0.15) is 18.5 Å². The highest BCUT2D eigenvalue weighted by Crippen LogP contribution is 2.37. The molecule has 20 heavy (non-hydrogen) atoms. The number of hydrogen-bond donors (Lipinski definition) is 1. The van der Waals surface area contributed by atoms with Gasteiger partial charge in [0.15, 0.2) is 11.6 Å². The molecule has 2 aromatic rings. The molecule has 0 spiro atoms. The molecule has 0 bridgehead atoms. The second kappa shape index (κ2) is 5.12. The molecule has 3 rings (SSSR count). The van der Waals surface area contributed by atoms with Gasteiger partial charge in [0.25, 0.3) is 0 Å². The van der Waals surface area contributed by atoms with Gasteiger partial charge in [-0.05, 0) is 18.2 Å². The number of anilines is 1. The highest BCUT2D eigenvalue weighted by atomic mass is 19.2. The first-order valence-corrected chi connectivity index (χ1v) is 6.59.